The van der Waals surface area contributed by atoms with Gasteiger partial charge in [0.05, 0.1) is 0 Å². The topological polar surface area (TPSA) is 60.9 Å². The fraction of sp³-hybridized carbons (Fsp3) is 0.471. The monoisotopic (exact) mass is 349 g/mol. The van der Waals surface area contributed by atoms with Crippen molar-refractivity contribution in [2.45, 2.75) is 37.8 Å². The van der Waals surface area contributed by atoms with Crippen molar-refractivity contribution in [3.63, 3.8) is 0 Å². The number of carbonyl (C=O) groups is 3. The van der Waals surface area contributed by atoms with Crippen LogP contribution >= 0.6 is 0 Å². The Bertz CT molecular complexity index is 779. The molecular formula is C17H17F2N3O3. The van der Waals surface area contributed by atoms with Crippen molar-refractivity contribution in [3.05, 3.63) is 29.8 Å². The van der Waals surface area contributed by atoms with Crippen LogP contribution in [-0.2, 0) is 9.59 Å². The third kappa shape index (κ3) is 2.03. The van der Waals surface area contributed by atoms with E-state index in [0.29, 0.717) is 13.0 Å². The van der Waals surface area contributed by atoms with Gasteiger partial charge < -0.3 is 9.80 Å². The minimum Gasteiger partial charge on any atom is -0.310 e. The number of imide groups is 1. The summed E-state index contributed by atoms with van der Waals surface area (Å²) >= 11 is 0. The lowest BCUT2D eigenvalue weighted by Crippen LogP contribution is -2.47. The second kappa shape index (κ2) is 5.24. The number of urea groups is 1. The molecule has 0 aromatic heterocycles. The van der Waals surface area contributed by atoms with Crippen molar-refractivity contribution in [2.24, 2.45) is 0 Å². The lowest BCUT2D eigenvalue weighted by atomic mass is 9.99. The lowest BCUT2D eigenvalue weighted by Gasteiger charge is -2.23. The predicted molar refractivity (Wildman–Crippen MR) is 83.7 cm³/mol. The summed E-state index contributed by atoms with van der Waals surface area (Å²) in [4.78, 5) is 41.6. The van der Waals surface area contributed by atoms with Crippen LogP contribution in [0.25, 0.3) is 0 Å². The van der Waals surface area contributed by atoms with Crippen molar-refractivity contribution >= 4 is 23.5 Å². The van der Waals surface area contributed by atoms with Crippen LogP contribution in [0.1, 0.15) is 26.2 Å². The molecule has 3 aliphatic rings. The highest BCUT2D eigenvalue weighted by molar-refractivity contribution is 6.12. The highest BCUT2D eigenvalue weighted by Gasteiger charge is 2.60. The van der Waals surface area contributed by atoms with E-state index in [0.717, 1.165) is 28.4 Å². The number of amides is 4. The maximum Gasteiger partial charge on any atom is 0.328 e. The normalized spacial score (nSPS) is 29.2. The van der Waals surface area contributed by atoms with Crippen molar-refractivity contribution in [2.75, 3.05) is 18.0 Å². The van der Waals surface area contributed by atoms with Crippen LogP contribution in [0.4, 0.5) is 19.3 Å². The molecule has 3 aliphatic heterocycles. The third-order valence-electron chi connectivity index (χ3n) is 5.45. The smallest absolute Gasteiger partial charge is 0.310 e. The number of fused-ring (bicyclic) bond motifs is 1. The van der Waals surface area contributed by atoms with Crippen LogP contribution < -0.4 is 4.90 Å². The van der Waals surface area contributed by atoms with E-state index in [2.05, 4.69) is 0 Å². The fourth-order valence-corrected chi connectivity index (χ4v) is 4.12. The summed E-state index contributed by atoms with van der Waals surface area (Å²) in [7, 11) is 0. The zero-order valence-corrected chi connectivity index (χ0v) is 13.7. The summed E-state index contributed by atoms with van der Waals surface area (Å²) < 4.78 is 28.0. The van der Waals surface area contributed by atoms with Crippen molar-refractivity contribution in [1.82, 2.24) is 9.80 Å². The Morgan fingerprint density at radius 3 is 2.44 bits per heavy atom. The van der Waals surface area contributed by atoms with Crippen LogP contribution in [0.2, 0.25) is 0 Å². The lowest BCUT2D eigenvalue weighted by molar-refractivity contribution is -0.136. The summed E-state index contributed by atoms with van der Waals surface area (Å²) in [6.07, 6.45) is 1.46. The van der Waals surface area contributed by atoms with E-state index in [1.807, 2.05) is 0 Å². The second-order valence-electron chi connectivity index (χ2n) is 6.85. The number of hydrogen-bond donors (Lipinski definition) is 0. The van der Waals surface area contributed by atoms with E-state index in [9.17, 15) is 23.2 Å². The first-order chi connectivity index (χ1) is 11.9. The number of anilines is 1. The van der Waals surface area contributed by atoms with Crippen molar-refractivity contribution in [1.29, 1.82) is 0 Å². The second-order valence-corrected chi connectivity index (χ2v) is 6.85. The van der Waals surface area contributed by atoms with Gasteiger partial charge >= 0.3 is 6.03 Å². The molecule has 1 aromatic rings. The summed E-state index contributed by atoms with van der Waals surface area (Å²) in [5.74, 6) is -2.72. The van der Waals surface area contributed by atoms with E-state index in [1.54, 1.807) is 6.92 Å². The maximum atomic E-state index is 14.0. The van der Waals surface area contributed by atoms with Crippen LogP contribution in [-0.4, -0.2) is 52.3 Å². The summed E-state index contributed by atoms with van der Waals surface area (Å²) in [5.41, 5.74) is -1.34. The van der Waals surface area contributed by atoms with E-state index in [4.69, 9.17) is 0 Å². The predicted octanol–water partition coefficient (Wildman–Crippen LogP) is 1.89. The van der Waals surface area contributed by atoms with E-state index in [-0.39, 0.29) is 13.0 Å². The molecule has 8 heteroatoms. The van der Waals surface area contributed by atoms with E-state index >= 15 is 0 Å². The molecule has 4 rings (SSSR count). The minimum atomic E-state index is -1.01. The molecule has 132 valence electrons. The molecule has 6 nitrogen and oxygen atoms in total. The highest BCUT2D eigenvalue weighted by atomic mass is 19.1. The van der Waals surface area contributed by atoms with Crippen LogP contribution in [0, 0.1) is 11.6 Å². The number of rotatable bonds is 2. The summed E-state index contributed by atoms with van der Waals surface area (Å²) in [5, 5.41) is 0. The van der Waals surface area contributed by atoms with Gasteiger partial charge in [0.25, 0.3) is 11.8 Å². The summed E-state index contributed by atoms with van der Waals surface area (Å²) in [6.45, 7) is 2.23. The van der Waals surface area contributed by atoms with Gasteiger partial charge in [0, 0.05) is 13.1 Å². The van der Waals surface area contributed by atoms with Crippen LogP contribution in [0.5, 0.6) is 0 Å². The molecule has 0 N–H and O–H groups in total. The first kappa shape index (κ1) is 16.0. The average Bonchev–Trinajstić information content (AvgIpc) is 3.17. The van der Waals surface area contributed by atoms with Gasteiger partial charge in [-0.2, -0.15) is 0 Å². The molecule has 25 heavy (non-hydrogen) atoms. The molecular weight excluding hydrogens is 332 g/mol. The first-order valence-corrected chi connectivity index (χ1v) is 8.27. The van der Waals surface area contributed by atoms with Gasteiger partial charge in [0.15, 0.2) is 0 Å². The molecule has 0 aliphatic carbocycles. The van der Waals surface area contributed by atoms with Gasteiger partial charge in [-0.1, -0.05) is 6.07 Å². The molecule has 4 amide bonds. The average molecular weight is 349 g/mol. The standard InChI is InChI=1S/C17H17F2N3O3/c1-17-7-3-8-21(17)16(25)22(15(17)24)12-6-9-20(14(12)23)13-10(18)4-2-5-11(13)19/h2,4-5,12H,3,6-9H2,1H3/t12-,17+/m1/s1. The molecule has 0 spiro atoms. The Morgan fingerprint density at radius 2 is 1.80 bits per heavy atom. The van der Waals surface area contributed by atoms with Crippen LogP contribution in [0.3, 0.4) is 0 Å². The molecule has 0 saturated carbocycles. The summed E-state index contributed by atoms with van der Waals surface area (Å²) in [6, 6.07) is 1.86. The minimum absolute atomic E-state index is 0.0507. The molecule has 1 aromatic carbocycles. The molecule has 2 atom stereocenters. The molecule has 0 radical (unpaired) electrons. The highest BCUT2D eigenvalue weighted by Crippen LogP contribution is 2.40. The zero-order chi connectivity index (χ0) is 17.9. The number of nitrogens with zero attached hydrogens (tertiary/aromatic N) is 3. The number of halogens is 2. The van der Waals surface area contributed by atoms with Crippen molar-refractivity contribution in [3.8, 4) is 0 Å². The van der Waals surface area contributed by atoms with Crippen molar-refractivity contribution < 1.29 is 23.2 Å². The van der Waals surface area contributed by atoms with Crippen LogP contribution in [0.15, 0.2) is 18.2 Å². The van der Waals surface area contributed by atoms with Gasteiger partial charge in [-0.3, -0.25) is 9.59 Å². The van der Waals surface area contributed by atoms with Gasteiger partial charge in [0.1, 0.15) is 28.9 Å². The largest absolute Gasteiger partial charge is 0.328 e. The SMILES string of the molecule is C[C@@]12CCCN1C(=O)N([C@@H]1CCN(c3c(F)cccc3F)C1=O)C2=O. The number of para-hydroxylation sites is 1. The Kier molecular flexibility index (Phi) is 3.35. The molecule has 3 heterocycles. The van der Waals surface area contributed by atoms with Gasteiger partial charge in [-0.15, -0.1) is 0 Å². The molecule has 0 unspecified atom stereocenters. The Morgan fingerprint density at radius 1 is 1.12 bits per heavy atom. The molecule has 3 saturated heterocycles. The Labute approximate surface area is 143 Å². The third-order valence-corrected chi connectivity index (χ3v) is 5.45. The molecule has 3 fully saturated rings. The maximum absolute atomic E-state index is 14.0. The molecule has 0 bridgehead atoms. The zero-order valence-electron chi connectivity index (χ0n) is 13.7. The Balaban J connectivity index is 1.65. The van der Waals surface area contributed by atoms with Gasteiger partial charge in [-0.25, -0.2) is 18.5 Å². The van der Waals surface area contributed by atoms with E-state index in [1.165, 1.54) is 11.0 Å². The van der Waals surface area contributed by atoms with Gasteiger partial charge in [0.2, 0.25) is 0 Å². The number of carbonyl (C=O) groups excluding carboxylic acids is 3. The fourth-order valence-electron chi connectivity index (χ4n) is 4.12. The number of benzene rings is 1. The quantitative estimate of drug-likeness (QED) is 0.766. The Hall–Kier alpha value is -2.51. The number of hydrogen-bond acceptors (Lipinski definition) is 3. The first-order valence-electron chi connectivity index (χ1n) is 8.27. The van der Waals surface area contributed by atoms with Gasteiger partial charge in [-0.05, 0) is 38.3 Å². The van der Waals surface area contributed by atoms with E-state index < -0.39 is 46.7 Å².